The van der Waals surface area contributed by atoms with Crippen molar-refractivity contribution in [3.05, 3.63) is 44.7 Å². The monoisotopic (exact) mass is 403 g/mol. The van der Waals surface area contributed by atoms with Gasteiger partial charge in [0.25, 0.3) is 0 Å². The van der Waals surface area contributed by atoms with Crippen LogP contribution in [0.3, 0.4) is 0 Å². The molecule has 0 aliphatic heterocycles. The number of thiophene rings is 2. The molecule has 140 valence electrons. The van der Waals surface area contributed by atoms with Gasteiger partial charge in [0.15, 0.2) is 12.4 Å². The number of aromatic nitrogens is 2. The lowest BCUT2D eigenvalue weighted by Gasteiger charge is -2.04. The Hall–Kier alpha value is -2.78. The molecule has 0 amide bonds. The van der Waals surface area contributed by atoms with Crippen molar-refractivity contribution in [2.24, 2.45) is 0 Å². The van der Waals surface area contributed by atoms with Gasteiger partial charge >= 0.3 is 11.9 Å². The summed E-state index contributed by atoms with van der Waals surface area (Å²) in [5.41, 5.74) is 7.64. The van der Waals surface area contributed by atoms with Crippen LogP contribution in [0, 0.1) is 6.92 Å². The standard InChI is InChI=1S/C18H17N3O4S2/c1-3-24-18(23)15-10(2)14-16(19)20-12(21-17(14)27-15)8-25-13(22)5-4-11-6-7-26-9-11/h4-7,9H,3,8H2,1-2H3,(H2,19,20,21)/b5-4+. The third-order valence-corrected chi connectivity index (χ3v) is 5.49. The predicted octanol–water partition coefficient (Wildman–Crippen LogP) is 3.58. The van der Waals surface area contributed by atoms with Gasteiger partial charge < -0.3 is 15.2 Å². The molecule has 0 saturated heterocycles. The minimum Gasteiger partial charge on any atom is -0.462 e. The summed E-state index contributed by atoms with van der Waals surface area (Å²) in [5.74, 6) is -0.403. The number of hydrogen-bond acceptors (Lipinski definition) is 9. The van der Waals surface area contributed by atoms with Gasteiger partial charge in [-0.3, -0.25) is 0 Å². The molecule has 0 fully saturated rings. The van der Waals surface area contributed by atoms with Crippen LogP contribution in [0.5, 0.6) is 0 Å². The summed E-state index contributed by atoms with van der Waals surface area (Å²) in [5, 5.41) is 4.46. The number of nitrogens with zero attached hydrogens (tertiary/aromatic N) is 2. The van der Waals surface area contributed by atoms with Crippen molar-refractivity contribution in [2.45, 2.75) is 20.5 Å². The number of anilines is 1. The first kappa shape index (κ1) is 19.0. The number of rotatable bonds is 6. The largest absolute Gasteiger partial charge is 0.462 e. The van der Waals surface area contributed by atoms with Crippen molar-refractivity contribution in [1.82, 2.24) is 9.97 Å². The lowest BCUT2D eigenvalue weighted by atomic mass is 10.2. The average molecular weight is 403 g/mol. The fraction of sp³-hybridized carbons (Fsp3) is 0.222. The predicted molar refractivity (Wildman–Crippen MR) is 106 cm³/mol. The molecule has 0 unspecified atom stereocenters. The zero-order chi connectivity index (χ0) is 19.4. The SMILES string of the molecule is CCOC(=O)c1sc2nc(COC(=O)/C=C/c3ccsc3)nc(N)c2c1C. The Bertz CT molecular complexity index is 1010. The van der Waals surface area contributed by atoms with Crippen LogP contribution in [0.2, 0.25) is 0 Å². The van der Waals surface area contributed by atoms with Gasteiger partial charge in [-0.15, -0.1) is 11.3 Å². The fourth-order valence-corrected chi connectivity index (χ4v) is 4.12. The van der Waals surface area contributed by atoms with E-state index in [9.17, 15) is 9.59 Å². The van der Waals surface area contributed by atoms with Gasteiger partial charge in [-0.2, -0.15) is 11.3 Å². The number of aryl methyl sites for hydroxylation is 1. The van der Waals surface area contributed by atoms with E-state index in [0.717, 1.165) is 5.56 Å². The molecular formula is C18H17N3O4S2. The zero-order valence-corrected chi connectivity index (χ0v) is 16.4. The van der Waals surface area contributed by atoms with Gasteiger partial charge in [0.1, 0.15) is 15.5 Å². The first-order chi connectivity index (χ1) is 13.0. The molecule has 0 radical (unpaired) electrons. The number of nitrogen functional groups attached to an aromatic ring is 1. The van der Waals surface area contributed by atoms with Crippen molar-refractivity contribution in [3.63, 3.8) is 0 Å². The van der Waals surface area contributed by atoms with Crippen LogP contribution in [-0.4, -0.2) is 28.5 Å². The highest BCUT2D eigenvalue weighted by Gasteiger charge is 2.20. The molecule has 0 aliphatic carbocycles. The second-order valence-electron chi connectivity index (χ2n) is 5.48. The molecule has 0 bridgehead atoms. The highest BCUT2D eigenvalue weighted by Crippen LogP contribution is 2.33. The topological polar surface area (TPSA) is 104 Å². The molecule has 2 N–H and O–H groups in total. The van der Waals surface area contributed by atoms with Gasteiger partial charge in [0, 0.05) is 6.08 Å². The molecule has 3 rings (SSSR count). The van der Waals surface area contributed by atoms with E-state index in [4.69, 9.17) is 15.2 Å². The number of carbonyl (C=O) groups is 2. The Kier molecular flexibility index (Phi) is 5.82. The zero-order valence-electron chi connectivity index (χ0n) is 14.7. The molecule has 3 aromatic heterocycles. The molecule has 9 heteroatoms. The Labute approximate surface area is 163 Å². The van der Waals surface area contributed by atoms with Crippen LogP contribution >= 0.6 is 22.7 Å². The first-order valence-electron chi connectivity index (χ1n) is 8.09. The van der Waals surface area contributed by atoms with E-state index in [1.54, 1.807) is 31.3 Å². The van der Waals surface area contributed by atoms with Crippen molar-refractivity contribution in [1.29, 1.82) is 0 Å². The number of esters is 2. The molecular weight excluding hydrogens is 386 g/mol. The Morgan fingerprint density at radius 1 is 1.30 bits per heavy atom. The van der Waals surface area contributed by atoms with Crippen LogP contribution in [0.4, 0.5) is 5.82 Å². The highest BCUT2D eigenvalue weighted by atomic mass is 32.1. The maximum atomic E-state index is 12.0. The summed E-state index contributed by atoms with van der Waals surface area (Å²) in [7, 11) is 0. The van der Waals surface area contributed by atoms with E-state index in [-0.39, 0.29) is 24.9 Å². The maximum absolute atomic E-state index is 12.0. The number of hydrogen-bond donors (Lipinski definition) is 1. The second-order valence-corrected chi connectivity index (χ2v) is 7.26. The van der Waals surface area contributed by atoms with Gasteiger partial charge in [0.2, 0.25) is 0 Å². The molecule has 0 saturated carbocycles. The van der Waals surface area contributed by atoms with Gasteiger partial charge in [-0.1, -0.05) is 0 Å². The number of nitrogens with two attached hydrogens (primary N) is 1. The van der Waals surface area contributed by atoms with E-state index in [1.165, 1.54) is 17.4 Å². The number of carbonyl (C=O) groups excluding carboxylic acids is 2. The summed E-state index contributed by atoms with van der Waals surface area (Å²) in [4.78, 5) is 33.4. The summed E-state index contributed by atoms with van der Waals surface area (Å²) >= 11 is 2.73. The highest BCUT2D eigenvalue weighted by molar-refractivity contribution is 7.20. The smallest absolute Gasteiger partial charge is 0.348 e. The molecule has 3 heterocycles. The molecule has 7 nitrogen and oxygen atoms in total. The summed E-state index contributed by atoms with van der Waals surface area (Å²) < 4.78 is 10.2. The van der Waals surface area contributed by atoms with Crippen molar-refractivity contribution >= 4 is 56.7 Å². The molecule has 27 heavy (non-hydrogen) atoms. The molecule has 0 atom stereocenters. The van der Waals surface area contributed by atoms with Gasteiger partial charge in [0.05, 0.1) is 12.0 Å². The third-order valence-electron chi connectivity index (χ3n) is 3.62. The quantitative estimate of drug-likeness (QED) is 0.495. The minimum absolute atomic E-state index is 0.112. The molecule has 0 aromatic carbocycles. The van der Waals surface area contributed by atoms with E-state index < -0.39 is 11.9 Å². The Morgan fingerprint density at radius 2 is 2.11 bits per heavy atom. The van der Waals surface area contributed by atoms with Crippen molar-refractivity contribution < 1.29 is 19.1 Å². The first-order valence-corrected chi connectivity index (χ1v) is 9.85. The lowest BCUT2D eigenvalue weighted by Crippen LogP contribution is -2.06. The van der Waals surface area contributed by atoms with Crippen LogP contribution in [-0.2, 0) is 20.9 Å². The lowest BCUT2D eigenvalue weighted by molar-refractivity contribution is -0.139. The normalized spacial score (nSPS) is 11.2. The molecule has 0 aliphatic rings. The summed E-state index contributed by atoms with van der Waals surface area (Å²) in [6.45, 7) is 3.69. The van der Waals surface area contributed by atoms with E-state index in [2.05, 4.69) is 9.97 Å². The van der Waals surface area contributed by atoms with Crippen LogP contribution in [0.1, 0.15) is 33.5 Å². The minimum atomic E-state index is -0.502. The number of ether oxygens (including phenoxy) is 2. The Morgan fingerprint density at radius 3 is 2.81 bits per heavy atom. The molecule has 3 aromatic rings. The summed E-state index contributed by atoms with van der Waals surface area (Å²) in [6, 6.07) is 1.90. The Balaban J connectivity index is 1.75. The van der Waals surface area contributed by atoms with Gasteiger partial charge in [-0.05, 0) is 47.9 Å². The van der Waals surface area contributed by atoms with Crippen LogP contribution in [0.25, 0.3) is 16.3 Å². The van der Waals surface area contributed by atoms with Crippen LogP contribution in [0.15, 0.2) is 22.9 Å². The summed E-state index contributed by atoms with van der Waals surface area (Å²) in [6.07, 6.45) is 3.02. The van der Waals surface area contributed by atoms with E-state index in [0.29, 0.717) is 20.7 Å². The maximum Gasteiger partial charge on any atom is 0.348 e. The fourth-order valence-electron chi connectivity index (χ4n) is 2.39. The van der Waals surface area contributed by atoms with Crippen LogP contribution < -0.4 is 5.73 Å². The van der Waals surface area contributed by atoms with Crippen molar-refractivity contribution in [3.8, 4) is 0 Å². The van der Waals surface area contributed by atoms with Gasteiger partial charge in [-0.25, -0.2) is 19.6 Å². The number of fused-ring (bicyclic) bond motifs is 1. The van der Waals surface area contributed by atoms with Crippen molar-refractivity contribution in [2.75, 3.05) is 12.3 Å². The third kappa shape index (κ3) is 4.32. The van der Waals surface area contributed by atoms with E-state index in [1.807, 2.05) is 16.8 Å². The average Bonchev–Trinajstić information content (AvgIpc) is 3.26. The van der Waals surface area contributed by atoms with E-state index >= 15 is 0 Å². The molecule has 0 spiro atoms. The second kappa shape index (κ2) is 8.28.